The van der Waals surface area contributed by atoms with E-state index in [1.807, 2.05) is 31.2 Å². The van der Waals surface area contributed by atoms with E-state index in [9.17, 15) is 14.9 Å². The van der Waals surface area contributed by atoms with Crippen molar-refractivity contribution in [3.8, 4) is 0 Å². The molecule has 1 N–H and O–H groups in total. The van der Waals surface area contributed by atoms with Crippen LogP contribution in [0.15, 0.2) is 53.6 Å². The second kappa shape index (κ2) is 7.28. The number of nitro benzene ring substituents is 1. The van der Waals surface area contributed by atoms with E-state index in [4.69, 9.17) is 11.6 Å². The van der Waals surface area contributed by atoms with E-state index in [0.29, 0.717) is 5.56 Å². The van der Waals surface area contributed by atoms with E-state index >= 15 is 0 Å². The number of rotatable bonds is 4. The molecule has 8 heteroatoms. The van der Waals surface area contributed by atoms with Crippen molar-refractivity contribution in [3.63, 3.8) is 0 Å². The van der Waals surface area contributed by atoms with Gasteiger partial charge in [-0.2, -0.15) is 5.10 Å². The Kier molecular flexibility index (Phi) is 4.90. The smallest absolute Gasteiger partial charge is 0.267 e. The molecular weight excluding hydrogens is 356 g/mol. The van der Waals surface area contributed by atoms with Gasteiger partial charge < -0.3 is 0 Å². The third-order valence-corrected chi connectivity index (χ3v) is 4.04. The molecule has 0 radical (unpaired) electrons. The normalized spacial score (nSPS) is 11.0. The first-order chi connectivity index (χ1) is 12.5. The van der Waals surface area contributed by atoms with Crippen LogP contribution in [0.5, 0.6) is 0 Å². The highest BCUT2D eigenvalue weighted by Crippen LogP contribution is 2.21. The van der Waals surface area contributed by atoms with Crippen molar-refractivity contribution < 1.29 is 9.72 Å². The summed E-state index contributed by atoms with van der Waals surface area (Å²) in [5, 5.41) is 15.7. The number of benzene rings is 2. The molecule has 0 saturated carbocycles. The third-order valence-electron chi connectivity index (χ3n) is 3.74. The molecule has 0 fully saturated rings. The summed E-state index contributed by atoms with van der Waals surface area (Å²) in [5.74, 6) is -0.489. The maximum absolute atomic E-state index is 12.0. The standard InChI is InChI=1S/C18H13ClN4O3/c1-11-3-2-4-13-9-14(17(19)21-16(11)13)10-20-22-18(24)12-5-7-15(8-6-12)23(25)26/h2-10H,1H3,(H,22,24). The van der Waals surface area contributed by atoms with E-state index in [-0.39, 0.29) is 16.4 Å². The van der Waals surface area contributed by atoms with Crippen LogP contribution in [-0.4, -0.2) is 22.0 Å². The molecule has 3 rings (SSSR count). The molecular formula is C18H13ClN4O3. The number of hydrogen-bond acceptors (Lipinski definition) is 5. The number of hydrogen-bond donors (Lipinski definition) is 1. The van der Waals surface area contributed by atoms with E-state index in [1.165, 1.54) is 30.5 Å². The fourth-order valence-corrected chi connectivity index (χ4v) is 2.58. The van der Waals surface area contributed by atoms with Gasteiger partial charge in [-0.3, -0.25) is 14.9 Å². The molecule has 0 aliphatic carbocycles. The van der Waals surface area contributed by atoms with Crippen molar-refractivity contribution >= 4 is 40.3 Å². The predicted octanol–water partition coefficient (Wildman–Crippen LogP) is 3.87. The molecule has 1 amide bonds. The van der Waals surface area contributed by atoms with Crippen LogP contribution in [0.2, 0.25) is 5.15 Å². The number of pyridine rings is 1. The summed E-state index contributed by atoms with van der Waals surface area (Å²) in [7, 11) is 0. The SMILES string of the molecule is Cc1cccc2cc(C=NNC(=O)c3ccc([N+](=O)[O-])cc3)c(Cl)nc12. The van der Waals surface area contributed by atoms with E-state index in [2.05, 4.69) is 15.5 Å². The van der Waals surface area contributed by atoms with Crippen molar-refractivity contribution in [2.45, 2.75) is 6.92 Å². The molecule has 0 atom stereocenters. The first-order valence-corrected chi connectivity index (χ1v) is 7.97. The van der Waals surface area contributed by atoms with Crippen LogP contribution in [0.1, 0.15) is 21.5 Å². The maximum atomic E-state index is 12.0. The molecule has 0 aliphatic heterocycles. The van der Waals surface area contributed by atoms with Gasteiger partial charge in [-0.25, -0.2) is 10.4 Å². The van der Waals surface area contributed by atoms with E-state index < -0.39 is 10.8 Å². The number of para-hydroxylation sites is 1. The quantitative estimate of drug-likeness (QED) is 0.327. The number of aromatic nitrogens is 1. The average Bonchev–Trinajstić information content (AvgIpc) is 2.63. The number of fused-ring (bicyclic) bond motifs is 1. The summed E-state index contributed by atoms with van der Waals surface area (Å²) in [6.45, 7) is 1.95. The number of amides is 1. The van der Waals surface area contributed by atoms with Gasteiger partial charge in [0.25, 0.3) is 11.6 Å². The second-order valence-corrected chi connectivity index (χ2v) is 5.88. The molecule has 0 spiro atoms. The van der Waals surface area contributed by atoms with Crippen LogP contribution in [0, 0.1) is 17.0 Å². The highest BCUT2D eigenvalue weighted by atomic mass is 35.5. The highest BCUT2D eigenvalue weighted by molar-refractivity contribution is 6.32. The predicted molar refractivity (Wildman–Crippen MR) is 99.6 cm³/mol. The Hall–Kier alpha value is -3.32. The first kappa shape index (κ1) is 17.5. The van der Waals surface area contributed by atoms with Crippen LogP contribution in [0.3, 0.4) is 0 Å². The maximum Gasteiger partial charge on any atom is 0.271 e. The van der Waals surface area contributed by atoms with E-state index in [0.717, 1.165) is 16.5 Å². The van der Waals surface area contributed by atoms with Gasteiger partial charge in [0.05, 0.1) is 16.7 Å². The molecule has 0 bridgehead atoms. The molecule has 3 aromatic rings. The topological polar surface area (TPSA) is 97.5 Å². The number of hydrazone groups is 1. The van der Waals surface area contributed by atoms with Crippen molar-refractivity contribution in [2.24, 2.45) is 5.10 Å². The molecule has 7 nitrogen and oxygen atoms in total. The van der Waals surface area contributed by atoms with Gasteiger partial charge in [-0.15, -0.1) is 0 Å². The van der Waals surface area contributed by atoms with Crippen LogP contribution in [0.25, 0.3) is 10.9 Å². The number of nitro groups is 1. The largest absolute Gasteiger partial charge is 0.271 e. The molecule has 0 unspecified atom stereocenters. The minimum atomic E-state index is -0.531. The lowest BCUT2D eigenvalue weighted by Crippen LogP contribution is -2.17. The van der Waals surface area contributed by atoms with Crippen molar-refractivity contribution in [1.29, 1.82) is 0 Å². The van der Waals surface area contributed by atoms with Gasteiger partial charge in [0.1, 0.15) is 5.15 Å². The zero-order valence-electron chi connectivity index (χ0n) is 13.6. The molecule has 1 heterocycles. The summed E-state index contributed by atoms with van der Waals surface area (Å²) in [6, 6.07) is 12.8. The summed E-state index contributed by atoms with van der Waals surface area (Å²) >= 11 is 6.18. The highest BCUT2D eigenvalue weighted by Gasteiger charge is 2.09. The van der Waals surface area contributed by atoms with Crippen molar-refractivity contribution in [1.82, 2.24) is 10.4 Å². The van der Waals surface area contributed by atoms with Crippen molar-refractivity contribution in [3.05, 3.63) is 80.5 Å². The molecule has 130 valence electrons. The molecule has 2 aromatic carbocycles. The van der Waals surface area contributed by atoms with Gasteiger partial charge >= 0.3 is 0 Å². The Balaban J connectivity index is 1.75. The number of nitrogens with zero attached hydrogens (tertiary/aromatic N) is 3. The summed E-state index contributed by atoms with van der Waals surface area (Å²) < 4.78 is 0. The number of aryl methyl sites for hydroxylation is 1. The number of halogens is 1. The van der Waals surface area contributed by atoms with Gasteiger partial charge in [-0.1, -0.05) is 29.8 Å². The second-order valence-electron chi connectivity index (χ2n) is 5.52. The average molecular weight is 369 g/mol. The third kappa shape index (κ3) is 3.68. The number of carbonyl (C=O) groups is 1. The van der Waals surface area contributed by atoms with Gasteiger partial charge in [0, 0.05) is 28.6 Å². The van der Waals surface area contributed by atoms with Crippen LogP contribution < -0.4 is 5.43 Å². The Bertz CT molecular complexity index is 1030. The minimum absolute atomic E-state index is 0.0886. The van der Waals surface area contributed by atoms with Crippen molar-refractivity contribution in [2.75, 3.05) is 0 Å². The van der Waals surface area contributed by atoms with Gasteiger partial charge in [0.2, 0.25) is 0 Å². The van der Waals surface area contributed by atoms with Crippen LogP contribution in [-0.2, 0) is 0 Å². The monoisotopic (exact) mass is 368 g/mol. The molecule has 0 aliphatic rings. The Labute approximate surface area is 153 Å². The number of non-ortho nitro benzene ring substituents is 1. The fraction of sp³-hybridized carbons (Fsp3) is 0.0556. The lowest BCUT2D eigenvalue weighted by molar-refractivity contribution is -0.384. The minimum Gasteiger partial charge on any atom is -0.267 e. The lowest BCUT2D eigenvalue weighted by atomic mass is 10.1. The lowest BCUT2D eigenvalue weighted by Gasteiger charge is -2.04. The van der Waals surface area contributed by atoms with Gasteiger partial charge in [-0.05, 0) is 30.7 Å². The zero-order valence-corrected chi connectivity index (χ0v) is 14.4. The molecule has 0 saturated heterocycles. The van der Waals surface area contributed by atoms with Gasteiger partial charge in [0.15, 0.2) is 0 Å². The Morgan fingerprint density at radius 3 is 2.69 bits per heavy atom. The molecule has 1 aromatic heterocycles. The summed E-state index contributed by atoms with van der Waals surface area (Å²) in [6.07, 6.45) is 1.40. The van der Waals surface area contributed by atoms with E-state index in [1.54, 1.807) is 0 Å². The number of nitrogens with one attached hydrogen (secondary N) is 1. The Morgan fingerprint density at radius 2 is 2.00 bits per heavy atom. The number of carbonyl (C=O) groups excluding carboxylic acids is 1. The summed E-state index contributed by atoms with van der Waals surface area (Å²) in [5.41, 5.74) is 4.91. The first-order valence-electron chi connectivity index (χ1n) is 7.59. The summed E-state index contributed by atoms with van der Waals surface area (Å²) in [4.78, 5) is 26.5. The van der Waals surface area contributed by atoms with Crippen LogP contribution in [0.4, 0.5) is 5.69 Å². The fourth-order valence-electron chi connectivity index (χ4n) is 2.39. The Morgan fingerprint density at radius 1 is 1.27 bits per heavy atom. The zero-order chi connectivity index (χ0) is 18.7. The molecule has 26 heavy (non-hydrogen) atoms. The van der Waals surface area contributed by atoms with Crippen LogP contribution >= 0.6 is 11.6 Å².